The van der Waals surface area contributed by atoms with Crippen LogP contribution in [-0.2, 0) is 0 Å². The molecule has 90 valence electrons. The van der Waals surface area contributed by atoms with Crippen molar-refractivity contribution in [1.29, 1.82) is 0 Å². The van der Waals surface area contributed by atoms with Crippen molar-refractivity contribution in [3.05, 3.63) is 0 Å². The maximum atomic E-state index is 5.41. The second-order valence-corrected chi connectivity index (χ2v) is 3.93. The van der Waals surface area contributed by atoms with Crippen LogP contribution in [-0.4, -0.2) is 56.5 Å². The van der Waals surface area contributed by atoms with Gasteiger partial charge in [0.2, 0.25) is 5.96 Å². The lowest BCUT2D eigenvalue weighted by Gasteiger charge is -2.21. The third kappa shape index (κ3) is 7.16. The van der Waals surface area contributed by atoms with Crippen molar-refractivity contribution in [2.24, 2.45) is 10.8 Å². The van der Waals surface area contributed by atoms with E-state index in [9.17, 15) is 0 Å². The van der Waals surface area contributed by atoms with Crippen LogP contribution in [0.4, 0.5) is 0 Å². The molecule has 0 aromatic rings. The Morgan fingerprint density at radius 2 is 1.93 bits per heavy atom. The summed E-state index contributed by atoms with van der Waals surface area (Å²) in [6.45, 7) is 4.96. The average Bonchev–Trinajstić information content (AvgIpc) is 2.18. The summed E-state index contributed by atoms with van der Waals surface area (Å²) in [5.74, 6) is 6.19. The molecule has 0 radical (unpaired) electrons. The van der Waals surface area contributed by atoms with E-state index in [1.165, 1.54) is 0 Å². The first kappa shape index (κ1) is 14.2. The summed E-state index contributed by atoms with van der Waals surface area (Å²) < 4.78 is 0. The van der Waals surface area contributed by atoms with Crippen LogP contribution in [0.5, 0.6) is 0 Å². The summed E-state index contributed by atoms with van der Waals surface area (Å²) in [6, 6.07) is 0. The molecule has 0 saturated heterocycles. The Hall–Kier alpha value is -0.810. The van der Waals surface area contributed by atoms with Gasteiger partial charge in [0.1, 0.15) is 0 Å². The van der Waals surface area contributed by atoms with Gasteiger partial charge in [0.15, 0.2) is 0 Å². The molecule has 0 aromatic heterocycles. The number of hydrogen-bond donors (Lipinski definition) is 2. The van der Waals surface area contributed by atoms with Crippen molar-refractivity contribution in [1.82, 2.24) is 15.2 Å². The maximum Gasteiger partial charge on any atom is 0.208 e. The Labute approximate surface area is 93.3 Å². The zero-order valence-electron chi connectivity index (χ0n) is 10.5. The smallest absolute Gasteiger partial charge is 0.208 e. The van der Waals surface area contributed by atoms with E-state index in [0.29, 0.717) is 0 Å². The molecule has 0 spiro atoms. The molecule has 0 heterocycles. The molecular weight excluding hydrogens is 190 g/mol. The van der Waals surface area contributed by atoms with E-state index in [1.807, 2.05) is 7.05 Å². The van der Waals surface area contributed by atoms with Crippen LogP contribution in [0.3, 0.4) is 0 Å². The molecule has 0 saturated carbocycles. The van der Waals surface area contributed by atoms with E-state index >= 15 is 0 Å². The highest BCUT2D eigenvalue weighted by atomic mass is 15.4. The first-order chi connectivity index (χ1) is 7.11. The molecule has 0 aromatic carbocycles. The van der Waals surface area contributed by atoms with Crippen LogP contribution >= 0.6 is 0 Å². The first-order valence-corrected chi connectivity index (χ1v) is 5.48. The third-order valence-corrected chi connectivity index (χ3v) is 2.07. The normalized spacial score (nSPS) is 12.0. The Morgan fingerprint density at radius 1 is 1.27 bits per heavy atom. The molecule has 0 rings (SSSR count). The van der Waals surface area contributed by atoms with Crippen LogP contribution in [0.25, 0.3) is 0 Å². The van der Waals surface area contributed by atoms with Gasteiger partial charge in [-0.3, -0.25) is 10.4 Å². The SMILES string of the molecule is CCCN=C(NN)N(C)CCCN(C)C. The third-order valence-electron chi connectivity index (χ3n) is 2.07. The van der Waals surface area contributed by atoms with E-state index in [0.717, 1.165) is 38.4 Å². The molecule has 0 aliphatic rings. The average molecular weight is 215 g/mol. The van der Waals surface area contributed by atoms with Gasteiger partial charge in [0.25, 0.3) is 0 Å². The zero-order chi connectivity index (χ0) is 11.7. The number of rotatable bonds is 6. The minimum atomic E-state index is 0.774. The summed E-state index contributed by atoms with van der Waals surface area (Å²) in [7, 11) is 6.16. The molecule has 0 atom stereocenters. The van der Waals surface area contributed by atoms with Crippen LogP contribution in [0.1, 0.15) is 19.8 Å². The lowest BCUT2D eigenvalue weighted by Crippen LogP contribution is -2.43. The van der Waals surface area contributed by atoms with Gasteiger partial charge in [-0.2, -0.15) is 0 Å². The second kappa shape index (κ2) is 8.49. The van der Waals surface area contributed by atoms with Crippen molar-refractivity contribution in [3.8, 4) is 0 Å². The van der Waals surface area contributed by atoms with Gasteiger partial charge >= 0.3 is 0 Å². The van der Waals surface area contributed by atoms with Crippen LogP contribution in [0, 0.1) is 0 Å². The number of hydrogen-bond acceptors (Lipinski definition) is 3. The molecule has 0 bridgehead atoms. The van der Waals surface area contributed by atoms with E-state index in [-0.39, 0.29) is 0 Å². The summed E-state index contributed by atoms with van der Waals surface area (Å²) >= 11 is 0. The molecule has 15 heavy (non-hydrogen) atoms. The fourth-order valence-electron chi connectivity index (χ4n) is 1.22. The molecule has 0 fully saturated rings. The Kier molecular flexibility index (Phi) is 8.04. The lowest BCUT2D eigenvalue weighted by atomic mass is 10.4. The summed E-state index contributed by atoms with van der Waals surface area (Å²) in [5, 5.41) is 0. The van der Waals surface area contributed by atoms with Crippen LogP contribution in [0.2, 0.25) is 0 Å². The van der Waals surface area contributed by atoms with Gasteiger partial charge in [-0.05, 0) is 33.5 Å². The highest BCUT2D eigenvalue weighted by Crippen LogP contribution is 1.91. The van der Waals surface area contributed by atoms with Gasteiger partial charge in [0.05, 0.1) is 0 Å². The lowest BCUT2D eigenvalue weighted by molar-refractivity contribution is 0.366. The number of nitrogens with two attached hydrogens (primary N) is 1. The minimum Gasteiger partial charge on any atom is -0.345 e. The number of hydrazine groups is 1. The van der Waals surface area contributed by atoms with Gasteiger partial charge in [-0.1, -0.05) is 6.92 Å². The largest absolute Gasteiger partial charge is 0.345 e. The molecular formula is C10H25N5. The summed E-state index contributed by atoms with van der Waals surface area (Å²) in [5.41, 5.74) is 2.64. The molecule has 0 unspecified atom stereocenters. The second-order valence-electron chi connectivity index (χ2n) is 3.93. The molecule has 0 amide bonds. The van der Waals surface area contributed by atoms with Gasteiger partial charge in [0, 0.05) is 20.1 Å². The maximum absolute atomic E-state index is 5.41. The predicted octanol–water partition coefficient (Wildman–Crippen LogP) is 0.0992. The van der Waals surface area contributed by atoms with Crippen LogP contribution < -0.4 is 11.3 Å². The molecule has 0 aliphatic carbocycles. The predicted molar refractivity (Wildman–Crippen MR) is 65.7 cm³/mol. The van der Waals surface area contributed by atoms with Gasteiger partial charge in [-0.15, -0.1) is 0 Å². The van der Waals surface area contributed by atoms with Crippen molar-refractivity contribution >= 4 is 5.96 Å². The van der Waals surface area contributed by atoms with E-state index in [4.69, 9.17) is 5.84 Å². The number of aliphatic imine (C=N–C) groups is 1. The van der Waals surface area contributed by atoms with Crippen molar-refractivity contribution in [2.45, 2.75) is 19.8 Å². The van der Waals surface area contributed by atoms with Crippen molar-refractivity contribution in [3.63, 3.8) is 0 Å². The highest BCUT2D eigenvalue weighted by molar-refractivity contribution is 5.79. The van der Waals surface area contributed by atoms with Crippen molar-refractivity contribution < 1.29 is 0 Å². The van der Waals surface area contributed by atoms with Gasteiger partial charge in [-0.25, -0.2) is 5.84 Å². The van der Waals surface area contributed by atoms with Crippen molar-refractivity contribution in [2.75, 3.05) is 40.8 Å². The fraction of sp³-hybridized carbons (Fsp3) is 0.900. The minimum absolute atomic E-state index is 0.774. The van der Waals surface area contributed by atoms with E-state index in [2.05, 4.69) is 41.2 Å². The van der Waals surface area contributed by atoms with E-state index in [1.54, 1.807) is 0 Å². The number of nitrogens with one attached hydrogen (secondary N) is 1. The van der Waals surface area contributed by atoms with E-state index < -0.39 is 0 Å². The highest BCUT2D eigenvalue weighted by Gasteiger charge is 2.03. The molecule has 3 N–H and O–H groups in total. The van der Waals surface area contributed by atoms with Crippen LogP contribution in [0.15, 0.2) is 4.99 Å². The summed E-state index contributed by atoms with van der Waals surface area (Å²) in [6.07, 6.45) is 2.15. The Balaban J connectivity index is 3.88. The molecule has 0 aliphatic heterocycles. The zero-order valence-corrected chi connectivity index (χ0v) is 10.5. The quantitative estimate of drug-likeness (QED) is 0.285. The number of nitrogens with zero attached hydrogens (tertiary/aromatic N) is 3. The fourth-order valence-corrected chi connectivity index (χ4v) is 1.22. The first-order valence-electron chi connectivity index (χ1n) is 5.48. The Morgan fingerprint density at radius 3 is 2.40 bits per heavy atom. The molecule has 5 heteroatoms. The summed E-state index contributed by atoms with van der Waals surface area (Å²) in [4.78, 5) is 8.58. The van der Waals surface area contributed by atoms with Gasteiger partial charge < -0.3 is 9.80 Å². The monoisotopic (exact) mass is 215 g/mol. The molecule has 5 nitrogen and oxygen atoms in total. The Bertz CT molecular complexity index is 179. The number of guanidine groups is 1. The topological polar surface area (TPSA) is 56.9 Å². The standard InChI is InChI=1S/C10H25N5/c1-5-7-12-10(13-11)15(4)9-6-8-14(2)3/h5-9,11H2,1-4H3,(H,12,13).